The van der Waals surface area contributed by atoms with E-state index in [1.165, 1.54) is 0 Å². The third kappa shape index (κ3) is 4.63. The molecule has 104 valence electrons. The Labute approximate surface area is 108 Å². The van der Waals surface area contributed by atoms with Crippen molar-refractivity contribution in [2.75, 3.05) is 33.0 Å². The van der Waals surface area contributed by atoms with Crippen LogP contribution in [0.15, 0.2) is 5.18 Å². The van der Waals surface area contributed by atoms with Gasteiger partial charge in [-0.25, -0.2) is 0 Å². The summed E-state index contributed by atoms with van der Waals surface area (Å²) >= 11 is 0. The van der Waals surface area contributed by atoms with Crippen LogP contribution in [0.2, 0.25) is 0 Å². The molecule has 0 aromatic heterocycles. The summed E-state index contributed by atoms with van der Waals surface area (Å²) in [5.41, 5.74) is -0.0917. The molecule has 2 saturated heterocycles. The van der Waals surface area contributed by atoms with Crippen LogP contribution in [0.5, 0.6) is 0 Å². The maximum absolute atomic E-state index is 10.6. The van der Waals surface area contributed by atoms with Crippen molar-refractivity contribution in [3.8, 4) is 0 Å². The Hall–Kier alpha value is -0.520. The van der Waals surface area contributed by atoms with E-state index >= 15 is 0 Å². The molecule has 2 fully saturated rings. The van der Waals surface area contributed by atoms with Crippen molar-refractivity contribution < 1.29 is 14.2 Å². The summed E-state index contributed by atoms with van der Waals surface area (Å²) < 4.78 is 16.0. The molecule has 2 aliphatic heterocycles. The van der Waals surface area contributed by atoms with Crippen LogP contribution in [0.1, 0.15) is 32.6 Å². The second-order valence-electron chi connectivity index (χ2n) is 5.46. The predicted octanol–water partition coefficient (Wildman–Crippen LogP) is 2.13. The normalized spacial score (nSPS) is 28.7. The largest absolute Gasteiger partial charge is 0.378 e. The van der Waals surface area contributed by atoms with Gasteiger partial charge in [0.1, 0.15) is 6.10 Å². The van der Waals surface area contributed by atoms with Crippen molar-refractivity contribution >= 4 is 0 Å². The van der Waals surface area contributed by atoms with E-state index in [1.807, 2.05) is 0 Å². The van der Waals surface area contributed by atoms with Crippen LogP contribution in [-0.4, -0.2) is 45.2 Å². The number of hydrogen-bond acceptors (Lipinski definition) is 5. The van der Waals surface area contributed by atoms with E-state index in [2.05, 4.69) is 12.1 Å². The van der Waals surface area contributed by atoms with Gasteiger partial charge in [0.25, 0.3) is 0 Å². The van der Waals surface area contributed by atoms with Gasteiger partial charge in [0.05, 0.1) is 39.1 Å². The minimum Gasteiger partial charge on any atom is -0.378 e. The first-order valence-electron chi connectivity index (χ1n) is 6.88. The molecule has 0 N–H and O–H groups in total. The zero-order chi connectivity index (χ0) is 12.8. The lowest BCUT2D eigenvalue weighted by atomic mass is 9.81. The molecule has 0 spiro atoms. The molecule has 5 heteroatoms. The average molecular weight is 257 g/mol. The number of ether oxygens (including phenoxy) is 3. The van der Waals surface area contributed by atoms with Crippen LogP contribution in [0, 0.1) is 10.3 Å². The lowest BCUT2D eigenvalue weighted by molar-refractivity contribution is 0.0307. The molecule has 2 rings (SSSR count). The summed E-state index contributed by atoms with van der Waals surface area (Å²) in [5.74, 6) is 0. The smallest absolute Gasteiger partial charge is 0.104 e. The molecule has 0 saturated carbocycles. The Balaban J connectivity index is 1.71. The molecule has 1 unspecified atom stereocenters. The maximum atomic E-state index is 10.6. The van der Waals surface area contributed by atoms with E-state index in [9.17, 15) is 4.91 Å². The monoisotopic (exact) mass is 257 g/mol. The summed E-state index contributed by atoms with van der Waals surface area (Å²) in [6.45, 7) is 5.42. The molecule has 18 heavy (non-hydrogen) atoms. The Kier molecular flexibility index (Phi) is 5.09. The molecule has 2 heterocycles. The van der Waals surface area contributed by atoms with E-state index in [0.29, 0.717) is 25.9 Å². The van der Waals surface area contributed by atoms with Crippen molar-refractivity contribution in [2.24, 2.45) is 10.6 Å². The van der Waals surface area contributed by atoms with Crippen LogP contribution < -0.4 is 0 Å². The second kappa shape index (κ2) is 6.59. The maximum Gasteiger partial charge on any atom is 0.104 e. The predicted molar refractivity (Wildman–Crippen MR) is 67.5 cm³/mol. The summed E-state index contributed by atoms with van der Waals surface area (Å²) in [6, 6.07) is 0. The van der Waals surface area contributed by atoms with Crippen molar-refractivity contribution in [3.05, 3.63) is 4.91 Å². The van der Waals surface area contributed by atoms with Crippen molar-refractivity contribution in [1.82, 2.24) is 0 Å². The van der Waals surface area contributed by atoms with Gasteiger partial charge in [0.2, 0.25) is 0 Å². The van der Waals surface area contributed by atoms with Gasteiger partial charge in [-0.3, -0.25) is 0 Å². The third-order valence-electron chi connectivity index (χ3n) is 3.90. The lowest BCUT2D eigenvalue weighted by Gasteiger charge is -2.29. The number of nitrogens with zero attached hydrogens (tertiary/aromatic N) is 1. The van der Waals surface area contributed by atoms with Crippen LogP contribution in [0.25, 0.3) is 0 Å². The van der Waals surface area contributed by atoms with Gasteiger partial charge in [0, 0.05) is 5.41 Å². The quantitative estimate of drug-likeness (QED) is 0.420. The van der Waals surface area contributed by atoms with Gasteiger partial charge in [-0.15, -0.1) is 0 Å². The fourth-order valence-corrected chi connectivity index (χ4v) is 2.24. The average Bonchev–Trinajstić information content (AvgIpc) is 3.23. The van der Waals surface area contributed by atoms with E-state index < -0.39 is 0 Å². The Morgan fingerprint density at radius 2 is 2.06 bits per heavy atom. The summed E-state index contributed by atoms with van der Waals surface area (Å²) in [4.78, 5) is 10.6. The summed E-state index contributed by atoms with van der Waals surface area (Å²) in [5, 5.41) is 3.11. The first-order valence-corrected chi connectivity index (χ1v) is 6.88. The standard InChI is InChI=1S/C13H23NO4/c1-2-13(9-14-15,5-3-4-11-7-17-11)10-16-6-12-8-18-12/h11-12H,2-10H2,1H3/t11-,12+,13?/m1/s1. The highest BCUT2D eigenvalue weighted by Gasteiger charge is 2.32. The molecule has 0 aromatic rings. The molecule has 0 aromatic carbocycles. The highest BCUT2D eigenvalue weighted by molar-refractivity contribution is 4.82. The number of nitroso groups, excluding NO2 is 1. The Bertz CT molecular complexity index is 246. The van der Waals surface area contributed by atoms with Gasteiger partial charge in [-0.2, -0.15) is 4.91 Å². The summed E-state index contributed by atoms with van der Waals surface area (Å²) in [6.07, 6.45) is 4.83. The molecular formula is C13H23NO4. The van der Waals surface area contributed by atoms with Crippen LogP contribution in [-0.2, 0) is 14.2 Å². The SMILES string of the molecule is CCC(CCC[C@@H]1CO1)(CN=O)COC[C@H]1CO1. The zero-order valence-electron chi connectivity index (χ0n) is 11.1. The minimum absolute atomic E-state index is 0.0917. The van der Waals surface area contributed by atoms with E-state index in [-0.39, 0.29) is 11.5 Å². The van der Waals surface area contributed by atoms with Crippen LogP contribution >= 0.6 is 0 Å². The minimum atomic E-state index is -0.0917. The highest BCUT2D eigenvalue weighted by Crippen LogP contribution is 2.32. The van der Waals surface area contributed by atoms with E-state index in [1.54, 1.807) is 0 Å². The molecule has 0 radical (unpaired) electrons. The second-order valence-corrected chi connectivity index (χ2v) is 5.46. The molecule has 2 aliphatic rings. The molecule has 0 amide bonds. The molecule has 3 atom stereocenters. The molecular weight excluding hydrogens is 234 g/mol. The fourth-order valence-electron chi connectivity index (χ4n) is 2.24. The highest BCUT2D eigenvalue weighted by atomic mass is 16.6. The topological polar surface area (TPSA) is 63.7 Å². The van der Waals surface area contributed by atoms with Gasteiger partial charge in [-0.05, 0) is 19.3 Å². The van der Waals surface area contributed by atoms with Crippen molar-refractivity contribution in [1.29, 1.82) is 0 Å². The Morgan fingerprint density at radius 3 is 2.61 bits per heavy atom. The van der Waals surface area contributed by atoms with Crippen LogP contribution in [0.3, 0.4) is 0 Å². The number of rotatable bonds is 11. The fraction of sp³-hybridized carbons (Fsp3) is 1.00. The van der Waals surface area contributed by atoms with Gasteiger partial charge >= 0.3 is 0 Å². The van der Waals surface area contributed by atoms with Gasteiger partial charge in [-0.1, -0.05) is 18.5 Å². The van der Waals surface area contributed by atoms with E-state index in [4.69, 9.17) is 14.2 Å². The third-order valence-corrected chi connectivity index (χ3v) is 3.90. The molecule has 0 bridgehead atoms. The number of epoxide rings is 2. The van der Waals surface area contributed by atoms with Gasteiger partial charge < -0.3 is 14.2 Å². The first kappa shape index (κ1) is 13.9. The van der Waals surface area contributed by atoms with Crippen molar-refractivity contribution in [3.63, 3.8) is 0 Å². The van der Waals surface area contributed by atoms with Crippen LogP contribution in [0.4, 0.5) is 0 Å². The summed E-state index contributed by atoms with van der Waals surface area (Å²) in [7, 11) is 0. The first-order chi connectivity index (χ1) is 8.78. The van der Waals surface area contributed by atoms with E-state index in [0.717, 1.165) is 38.9 Å². The zero-order valence-corrected chi connectivity index (χ0v) is 11.1. The Morgan fingerprint density at radius 1 is 1.33 bits per heavy atom. The molecule has 5 nitrogen and oxygen atoms in total. The van der Waals surface area contributed by atoms with Crippen molar-refractivity contribution in [2.45, 2.75) is 44.8 Å². The van der Waals surface area contributed by atoms with Gasteiger partial charge in [0.15, 0.2) is 0 Å². The lowest BCUT2D eigenvalue weighted by Crippen LogP contribution is -2.30. The number of hydrogen-bond donors (Lipinski definition) is 0. The molecule has 0 aliphatic carbocycles.